The van der Waals surface area contributed by atoms with Crippen molar-refractivity contribution in [2.75, 3.05) is 18.5 Å². The van der Waals surface area contributed by atoms with Crippen LogP contribution in [0.15, 0.2) is 18.3 Å². The van der Waals surface area contributed by atoms with Crippen molar-refractivity contribution >= 4 is 11.8 Å². The summed E-state index contributed by atoms with van der Waals surface area (Å²) < 4.78 is 5.45. The fourth-order valence-electron chi connectivity index (χ4n) is 1.68. The molecule has 16 heavy (non-hydrogen) atoms. The molecule has 1 aromatic rings. The van der Waals surface area contributed by atoms with Gasteiger partial charge in [-0.05, 0) is 25.0 Å². The standard InChI is InChI=1S/C11H14N2O3/c14-11(15)8-3-4-12-10(6-8)13-7-9-2-1-5-16-9/h3-4,6,9H,1-2,5,7H2,(H,12,13)(H,14,15). The third kappa shape index (κ3) is 2.70. The number of pyridine rings is 1. The van der Waals surface area contributed by atoms with Crippen molar-refractivity contribution in [1.29, 1.82) is 0 Å². The first-order chi connectivity index (χ1) is 7.75. The number of nitrogens with zero attached hydrogens (tertiary/aromatic N) is 1. The molecule has 0 amide bonds. The Morgan fingerprint density at radius 3 is 3.25 bits per heavy atom. The highest BCUT2D eigenvalue weighted by molar-refractivity contribution is 5.88. The normalized spacial score (nSPS) is 19.6. The van der Waals surface area contributed by atoms with E-state index in [1.165, 1.54) is 18.3 Å². The van der Waals surface area contributed by atoms with Crippen LogP contribution in [0, 0.1) is 0 Å². The second-order valence-electron chi connectivity index (χ2n) is 3.75. The molecule has 0 saturated carbocycles. The Morgan fingerprint density at radius 2 is 2.56 bits per heavy atom. The van der Waals surface area contributed by atoms with E-state index in [0.717, 1.165) is 19.4 Å². The van der Waals surface area contributed by atoms with Crippen LogP contribution in [0.3, 0.4) is 0 Å². The second-order valence-corrected chi connectivity index (χ2v) is 3.75. The minimum Gasteiger partial charge on any atom is -0.478 e. The van der Waals surface area contributed by atoms with Crippen LogP contribution in [-0.4, -0.2) is 35.3 Å². The average molecular weight is 222 g/mol. The molecule has 2 N–H and O–H groups in total. The summed E-state index contributed by atoms with van der Waals surface area (Å²) in [5.41, 5.74) is 0.241. The van der Waals surface area contributed by atoms with Gasteiger partial charge in [0.1, 0.15) is 5.82 Å². The molecule has 86 valence electrons. The molecule has 5 nitrogen and oxygen atoms in total. The van der Waals surface area contributed by atoms with E-state index in [0.29, 0.717) is 12.4 Å². The number of anilines is 1. The molecular formula is C11H14N2O3. The van der Waals surface area contributed by atoms with E-state index in [-0.39, 0.29) is 11.7 Å². The van der Waals surface area contributed by atoms with Gasteiger partial charge in [0.05, 0.1) is 11.7 Å². The van der Waals surface area contributed by atoms with Crippen LogP contribution in [0.4, 0.5) is 5.82 Å². The van der Waals surface area contributed by atoms with Gasteiger partial charge in [0, 0.05) is 19.3 Å². The second kappa shape index (κ2) is 4.94. The number of carbonyl (C=O) groups is 1. The number of aromatic carboxylic acids is 1. The van der Waals surface area contributed by atoms with E-state index in [4.69, 9.17) is 9.84 Å². The summed E-state index contributed by atoms with van der Waals surface area (Å²) in [5.74, 6) is -0.363. The number of carboxylic acids is 1. The minimum atomic E-state index is -0.942. The largest absolute Gasteiger partial charge is 0.478 e. The van der Waals surface area contributed by atoms with Gasteiger partial charge in [-0.25, -0.2) is 9.78 Å². The highest BCUT2D eigenvalue weighted by Crippen LogP contribution is 2.13. The van der Waals surface area contributed by atoms with Crippen LogP contribution in [0.2, 0.25) is 0 Å². The maximum Gasteiger partial charge on any atom is 0.335 e. The summed E-state index contributed by atoms with van der Waals surface area (Å²) >= 11 is 0. The molecule has 1 fully saturated rings. The van der Waals surface area contributed by atoms with Gasteiger partial charge >= 0.3 is 5.97 Å². The summed E-state index contributed by atoms with van der Waals surface area (Å²) in [4.78, 5) is 14.8. The van der Waals surface area contributed by atoms with Gasteiger partial charge < -0.3 is 15.2 Å². The van der Waals surface area contributed by atoms with E-state index in [1.807, 2.05) is 0 Å². The molecule has 5 heteroatoms. The lowest BCUT2D eigenvalue weighted by atomic mass is 10.2. The van der Waals surface area contributed by atoms with Crippen LogP contribution in [0.1, 0.15) is 23.2 Å². The van der Waals surface area contributed by atoms with E-state index in [2.05, 4.69) is 10.3 Å². The third-order valence-corrected chi connectivity index (χ3v) is 2.54. The van der Waals surface area contributed by atoms with Crippen LogP contribution >= 0.6 is 0 Å². The van der Waals surface area contributed by atoms with E-state index >= 15 is 0 Å². The maximum absolute atomic E-state index is 10.7. The van der Waals surface area contributed by atoms with Crippen LogP contribution in [0.25, 0.3) is 0 Å². The molecule has 0 spiro atoms. The zero-order valence-electron chi connectivity index (χ0n) is 8.85. The summed E-state index contributed by atoms with van der Waals surface area (Å²) in [6.07, 6.45) is 3.84. The highest BCUT2D eigenvalue weighted by atomic mass is 16.5. The molecule has 1 unspecified atom stereocenters. The Labute approximate surface area is 93.5 Å². The smallest absolute Gasteiger partial charge is 0.335 e. The molecule has 1 saturated heterocycles. The minimum absolute atomic E-state index is 0.218. The van der Waals surface area contributed by atoms with Crippen molar-refractivity contribution in [3.8, 4) is 0 Å². The van der Waals surface area contributed by atoms with Gasteiger partial charge in [-0.1, -0.05) is 0 Å². The first-order valence-electron chi connectivity index (χ1n) is 5.30. The Morgan fingerprint density at radius 1 is 1.69 bits per heavy atom. The van der Waals surface area contributed by atoms with Gasteiger partial charge in [-0.3, -0.25) is 0 Å². The number of nitrogens with one attached hydrogen (secondary N) is 1. The molecule has 1 aliphatic rings. The maximum atomic E-state index is 10.7. The number of hydrogen-bond donors (Lipinski definition) is 2. The van der Waals surface area contributed by atoms with E-state index < -0.39 is 5.97 Å². The van der Waals surface area contributed by atoms with Crippen molar-refractivity contribution in [3.63, 3.8) is 0 Å². The van der Waals surface area contributed by atoms with Gasteiger partial charge in [0.25, 0.3) is 0 Å². The molecule has 0 aromatic carbocycles. The van der Waals surface area contributed by atoms with Gasteiger partial charge in [0.15, 0.2) is 0 Å². The molecule has 2 heterocycles. The zero-order valence-corrected chi connectivity index (χ0v) is 8.85. The quantitative estimate of drug-likeness (QED) is 0.805. The van der Waals surface area contributed by atoms with Crippen LogP contribution in [0.5, 0.6) is 0 Å². The number of rotatable bonds is 4. The van der Waals surface area contributed by atoms with Crippen molar-refractivity contribution in [1.82, 2.24) is 4.98 Å². The fourth-order valence-corrected chi connectivity index (χ4v) is 1.68. The first-order valence-corrected chi connectivity index (χ1v) is 5.30. The SMILES string of the molecule is O=C(O)c1ccnc(NCC2CCCO2)c1. The highest BCUT2D eigenvalue weighted by Gasteiger charge is 2.15. The molecule has 0 radical (unpaired) electrons. The number of aromatic nitrogens is 1. The van der Waals surface area contributed by atoms with Crippen molar-refractivity contribution in [3.05, 3.63) is 23.9 Å². The Bertz CT molecular complexity index is 375. The summed E-state index contributed by atoms with van der Waals surface area (Å²) in [6.45, 7) is 1.49. The molecule has 0 bridgehead atoms. The third-order valence-electron chi connectivity index (χ3n) is 2.54. The lowest BCUT2D eigenvalue weighted by molar-refractivity contribution is 0.0697. The summed E-state index contributed by atoms with van der Waals surface area (Å²) in [6, 6.07) is 3.00. The van der Waals surface area contributed by atoms with Crippen molar-refractivity contribution in [2.45, 2.75) is 18.9 Å². The van der Waals surface area contributed by atoms with Crippen LogP contribution in [-0.2, 0) is 4.74 Å². The summed E-state index contributed by atoms with van der Waals surface area (Å²) in [5, 5.41) is 11.9. The molecule has 2 rings (SSSR count). The topological polar surface area (TPSA) is 71.5 Å². The van der Waals surface area contributed by atoms with Crippen LogP contribution < -0.4 is 5.32 Å². The van der Waals surface area contributed by atoms with Gasteiger partial charge in [-0.15, -0.1) is 0 Å². The molecule has 1 atom stereocenters. The Balaban J connectivity index is 1.93. The average Bonchev–Trinajstić information content (AvgIpc) is 2.79. The van der Waals surface area contributed by atoms with Crippen molar-refractivity contribution < 1.29 is 14.6 Å². The molecule has 1 aliphatic heterocycles. The Kier molecular flexibility index (Phi) is 3.36. The monoisotopic (exact) mass is 222 g/mol. The molecule has 1 aromatic heterocycles. The predicted octanol–water partition coefficient (Wildman–Crippen LogP) is 1.37. The Hall–Kier alpha value is -1.62. The van der Waals surface area contributed by atoms with Gasteiger partial charge in [0.2, 0.25) is 0 Å². The van der Waals surface area contributed by atoms with E-state index in [1.54, 1.807) is 0 Å². The van der Waals surface area contributed by atoms with Gasteiger partial charge in [-0.2, -0.15) is 0 Å². The summed E-state index contributed by atoms with van der Waals surface area (Å²) in [7, 11) is 0. The predicted molar refractivity (Wildman–Crippen MR) is 58.7 cm³/mol. The lowest BCUT2D eigenvalue weighted by Crippen LogP contribution is -2.19. The molecular weight excluding hydrogens is 208 g/mol. The zero-order chi connectivity index (χ0) is 11.4. The van der Waals surface area contributed by atoms with Crippen molar-refractivity contribution in [2.24, 2.45) is 0 Å². The number of hydrogen-bond acceptors (Lipinski definition) is 4. The lowest BCUT2D eigenvalue weighted by Gasteiger charge is -2.11. The number of ether oxygens (including phenoxy) is 1. The first kappa shape index (κ1) is 10.9. The fraction of sp³-hybridized carbons (Fsp3) is 0.455. The molecule has 0 aliphatic carbocycles. The number of carboxylic acid groups (broad SMARTS) is 1. The van der Waals surface area contributed by atoms with E-state index in [9.17, 15) is 4.79 Å².